The lowest BCUT2D eigenvalue weighted by Gasteiger charge is -2.37. The van der Waals surface area contributed by atoms with Crippen molar-refractivity contribution in [1.82, 2.24) is 14.2 Å². The molecule has 2 saturated heterocycles. The van der Waals surface area contributed by atoms with Crippen LogP contribution in [-0.2, 0) is 25.5 Å². The van der Waals surface area contributed by atoms with Gasteiger partial charge in [-0.25, -0.2) is 27.0 Å². The Kier molecular flexibility index (Phi) is 11.8. The molecule has 3 fully saturated rings. The third-order valence-corrected chi connectivity index (χ3v) is 12.6. The fourth-order valence-electron chi connectivity index (χ4n) is 7.57. The van der Waals surface area contributed by atoms with E-state index in [9.17, 15) is 23.1 Å². The van der Waals surface area contributed by atoms with Crippen LogP contribution in [-0.4, -0.2) is 117 Å². The fourth-order valence-corrected chi connectivity index (χ4v) is 9.21. The number of cyclic esters (lactones) is 1. The number of amides is 2. The summed E-state index contributed by atoms with van der Waals surface area (Å²) in [5, 5.41) is 9.45. The van der Waals surface area contributed by atoms with Crippen LogP contribution in [0.5, 0.6) is 5.75 Å². The van der Waals surface area contributed by atoms with Gasteiger partial charge in [0.25, 0.3) is 5.92 Å². The molecule has 6 rings (SSSR count). The van der Waals surface area contributed by atoms with Crippen LogP contribution in [0.4, 0.5) is 25.1 Å². The number of nitrogens with two attached hydrogens (primary N) is 2. The van der Waals surface area contributed by atoms with Crippen molar-refractivity contribution in [3.8, 4) is 5.75 Å². The second kappa shape index (κ2) is 15.9. The number of alkyl halides is 2. The van der Waals surface area contributed by atoms with Crippen molar-refractivity contribution in [2.24, 2.45) is 23.3 Å². The number of ether oxygens (including phenoxy) is 2. The Morgan fingerprint density at radius 1 is 1.04 bits per heavy atom. The summed E-state index contributed by atoms with van der Waals surface area (Å²) in [5.41, 5.74) is 11.4. The van der Waals surface area contributed by atoms with Crippen LogP contribution < -0.4 is 26.0 Å². The van der Waals surface area contributed by atoms with Crippen molar-refractivity contribution >= 4 is 45.1 Å². The number of sulfonamides is 1. The number of hydrogen-bond acceptors (Lipinski definition) is 11. The van der Waals surface area contributed by atoms with E-state index in [4.69, 9.17) is 32.5 Å². The Labute approximate surface area is 307 Å². The van der Waals surface area contributed by atoms with Gasteiger partial charge in [-0.3, -0.25) is 9.69 Å². The number of aromatic nitrogens is 1. The first-order valence-corrected chi connectivity index (χ1v) is 19.6. The first-order chi connectivity index (χ1) is 24.9. The normalized spacial score (nSPS) is 23.8. The summed E-state index contributed by atoms with van der Waals surface area (Å²) in [6.45, 7) is 2.11. The summed E-state index contributed by atoms with van der Waals surface area (Å²) >= 11 is 6.29. The van der Waals surface area contributed by atoms with Crippen LogP contribution in [0.1, 0.15) is 44.1 Å². The Hall–Kier alpha value is -3.35. The number of rotatable bonds is 13. The number of halogens is 3. The number of aliphatic hydroxyl groups excluding tert-OH is 1. The van der Waals surface area contributed by atoms with Crippen LogP contribution in [0, 0.1) is 11.8 Å². The van der Waals surface area contributed by atoms with Gasteiger partial charge in [0.2, 0.25) is 15.9 Å². The van der Waals surface area contributed by atoms with Crippen molar-refractivity contribution in [1.29, 1.82) is 0 Å². The summed E-state index contributed by atoms with van der Waals surface area (Å²) < 4.78 is 71.8. The molecule has 5 N–H and O–H groups in total. The van der Waals surface area contributed by atoms with Gasteiger partial charge in [0.1, 0.15) is 29.4 Å². The van der Waals surface area contributed by atoms with E-state index in [0.29, 0.717) is 57.5 Å². The maximum Gasteiger partial charge on any atom is 0.415 e. The molecular weight excluding hydrogens is 724 g/mol. The molecule has 2 aromatic rings. The van der Waals surface area contributed by atoms with Crippen molar-refractivity contribution < 1.29 is 41.4 Å². The van der Waals surface area contributed by atoms with Gasteiger partial charge in [-0.1, -0.05) is 11.6 Å². The number of pyridine rings is 1. The minimum atomic E-state index is -3.98. The topological polar surface area (TPSA) is 185 Å². The Morgan fingerprint density at radius 3 is 2.35 bits per heavy atom. The van der Waals surface area contributed by atoms with E-state index in [1.807, 2.05) is 0 Å². The van der Waals surface area contributed by atoms with Crippen LogP contribution in [0.25, 0.3) is 0 Å². The van der Waals surface area contributed by atoms with Crippen LogP contribution in [0.3, 0.4) is 0 Å². The average Bonchev–Trinajstić information content (AvgIpc) is 3.49. The lowest BCUT2D eigenvalue weighted by molar-refractivity contribution is -0.139. The minimum Gasteiger partial charge on any atom is -0.489 e. The van der Waals surface area contributed by atoms with Crippen molar-refractivity contribution in [2.75, 3.05) is 75.4 Å². The highest BCUT2D eigenvalue weighted by molar-refractivity contribution is 7.89. The van der Waals surface area contributed by atoms with E-state index < -0.39 is 40.1 Å². The molecule has 1 aromatic heterocycles. The van der Waals surface area contributed by atoms with E-state index in [2.05, 4.69) is 4.98 Å². The zero-order valence-corrected chi connectivity index (χ0v) is 30.4. The predicted molar refractivity (Wildman–Crippen MR) is 189 cm³/mol. The average molecular weight is 770 g/mol. The number of carbonyl (C=O) groups excluding carboxylic acids is 2. The van der Waals surface area contributed by atoms with Gasteiger partial charge in [0.05, 0.1) is 17.2 Å². The monoisotopic (exact) mass is 769 g/mol. The van der Waals surface area contributed by atoms with Gasteiger partial charge in [0, 0.05) is 62.7 Å². The number of hydrogen-bond donors (Lipinski definition) is 3. The molecule has 2 atom stereocenters. The molecule has 18 heteroatoms. The first-order valence-electron chi connectivity index (χ1n) is 17.8. The number of anilines is 2. The molecule has 4 aliphatic rings. The van der Waals surface area contributed by atoms with E-state index in [1.54, 1.807) is 9.80 Å². The molecular formula is C34H46ClF2N7O7S. The summed E-state index contributed by atoms with van der Waals surface area (Å²) in [4.78, 5) is 34.8. The largest absolute Gasteiger partial charge is 0.489 e. The SMILES string of the molecule is NCCCN(CCCN)C(=O)C1CCC(C(F)(F)c2cc(Cl)nc(N3CCN(S(=O)(=O)c4ccc5c(c4)OC[C@H]4[C@H](CO)OC(=O)N54)CC3)c2)CC1. The highest BCUT2D eigenvalue weighted by Gasteiger charge is 2.47. The van der Waals surface area contributed by atoms with E-state index >= 15 is 8.78 Å². The van der Waals surface area contributed by atoms with Gasteiger partial charge >= 0.3 is 6.09 Å². The fraction of sp³-hybridized carbons (Fsp3) is 0.618. The van der Waals surface area contributed by atoms with Gasteiger partial charge < -0.3 is 35.8 Å². The quantitative estimate of drug-likeness (QED) is 0.255. The van der Waals surface area contributed by atoms with Crippen molar-refractivity contribution in [3.63, 3.8) is 0 Å². The highest BCUT2D eigenvalue weighted by Crippen LogP contribution is 2.46. The number of benzene rings is 1. The molecule has 0 radical (unpaired) electrons. The lowest BCUT2D eigenvalue weighted by Crippen LogP contribution is -2.49. The number of aliphatic hydroxyl groups is 1. The molecule has 4 heterocycles. The number of nitrogens with zero attached hydrogens (tertiary/aromatic N) is 5. The summed E-state index contributed by atoms with van der Waals surface area (Å²) in [6, 6.07) is 6.21. The van der Waals surface area contributed by atoms with E-state index in [-0.39, 0.29) is 91.2 Å². The molecule has 2 amide bonds. The summed E-state index contributed by atoms with van der Waals surface area (Å²) in [5.74, 6) is -4.12. The lowest BCUT2D eigenvalue weighted by atomic mass is 9.77. The molecule has 3 aliphatic heterocycles. The Balaban J connectivity index is 1.08. The molecule has 1 aliphatic carbocycles. The second-order valence-electron chi connectivity index (χ2n) is 13.7. The zero-order chi connectivity index (χ0) is 37.2. The number of carbonyl (C=O) groups is 2. The Morgan fingerprint density at radius 2 is 1.71 bits per heavy atom. The molecule has 1 saturated carbocycles. The maximum absolute atomic E-state index is 16.1. The van der Waals surface area contributed by atoms with Crippen LogP contribution >= 0.6 is 11.6 Å². The van der Waals surface area contributed by atoms with Gasteiger partial charge in [-0.2, -0.15) is 4.31 Å². The number of piperazine rings is 1. The second-order valence-corrected chi connectivity index (χ2v) is 16.0. The summed E-state index contributed by atoms with van der Waals surface area (Å²) in [6.07, 6.45) is 1.00. The third-order valence-electron chi connectivity index (χ3n) is 10.5. The third kappa shape index (κ3) is 7.66. The molecule has 1 aromatic carbocycles. The molecule has 286 valence electrons. The van der Waals surface area contributed by atoms with Gasteiger partial charge in [0.15, 0.2) is 6.10 Å². The van der Waals surface area contributed by atoms with Gasteiger partial charge in [-0.05, 0) is 75.9 Å². The highest BCUT2D eigenvalue weighted by atomic mass is 35.5. The molecule has 0 bridgehead atoms. The Bertz CT molecular complexity index is 1720. The van der Waals surface area contributed by atoms with Crippen molar-refractivity contribution in [3.05, 3.63) is 41.0 Å². The van der Waals surface area contributed by atoms with E-state index in [1.165, 1.54) is 39.5 Å². The number of fused-ring (bicyclic) bond motifs is 3. The van der Waals surface area contributed by atoms with Crippen molar-refractivity contribution in [2.45, 2.75) is 61.5 Å². The van der Waals surface area contributed by atoms with Gasteiger partial charge in [-0.15, -0.1) is 0 Å². The summed E-state index contributed by atoms with van der Waals surface area (Å²) in [7, 11) is -3.98. The maximum atomic E-state index is 16.1. The molecule has 52 heavy (non-hydrogen) atoms. The van der Waals surface area contributed by atoms with Crippen LogP contribution in [0.15, 0.2) is 35.2 Å². The molecule has 0 spiro atoms. The predicted octanol–water partition coefficient (Wildman–Crippen LogP) is 2.75. The molecule has 14 nitrogen and oxygen atoms in total. The minimum absolute atomic E-state index is 0.0252. The molecule has 0 unspecified atom stereocenters. The van der Waals surface area contributed by atoms with E-state index in [0.717, 1.165) is 0 Å². The first kappa shape index (κ1) is 38.4. The standard InChI is InChI=1S/C34H46ClF2N7O7S/c35-30-17-24(34(36,37)23-5-3-22(4-6-23)32(46)42(11-1-9-38)12-2-10-39)18-31(40-30)41-13-15-43(16-14-41)52(48,49)25-7-8-26-28(19-25)50-21-27-29(20-45)51-33(47)44(26)27/h7-8,17-19,22-23,27,29,45H,1-6,9-16,20-21,38-39H2/t22?,23?,27-,29-/m0/s1. The smallest absolute Gasteiger partial charge is 0.415 e. The van der Waals surface area contributed by atoms with Crippen LogP contribution in [0.2, 0.25) is 5.15 Å². The zero-order valence-electron chi connectivity index (χ0n) is 28.8.